The van der Waals surface area contributed by atoms with E-state index in [1.807, 2.05) is 0 Å². The summed E-state index contributed by atoms with van der Waals surface area (Å²) in [4.78, 5) is 5.19. The lowest BCUT2D eigenvalue weighted by molar-refractivity contribution is 0.781. The predicted molar refractivity (Wildman–Crippen MR) is 263 cm³/mol. The number of aliphatic imine (C=N–C) groups is 1. The van der Waals surface area contributed by atoms with Crippen molar-refractivity contribution in [3.05, 3.63) is 241 Å². The summed E-state index contributed by atoms with van der Waals surface area (Å²) in [6.45, 7) is 0. The van der Waals surface area contributed by atoms with Crippen LogP contribution in [0.1, 0.15) is 22.7 Å². The second-order valence-electron chi connectivity index (χ2n) is 16.4. The summed E-state index contributed by atoms with van der Waals surface area (Å²) >= 11 is 0. The Bertz CT molecular complexity index is 3800. The van der Waals surface area contributed by atoms with Crippen molar-refractivity contribution in [1.82, 2.24) is 19.0 Å². The van der Waals surface area contributed by atoms with Crippen LogP contribution >= 0.6 is 0 Å². The smallest absolute Gasteiger partial charge is 0.134 e. The van der Waals surface area contributed by atoms with Crippen molar-refractivity contribution in [3.63, 3.8) is 0 Å². The minimum absolute atomic E-state index is 0.130. The number of hydrogen-bond donors (Lipinski definition) is 1. The number of nitrogens with zero attached hydrogens (tertiary/aromatic N) is 4. The van der Waals surface area contributed by atoms with Crippen LogP contribution in [-0.2, 0) is 0 Å². The Morgan fingerprint density at radius 2 is 0.905 bits per heavy atom. The molecule has 5 heteroatoms. The topological polar surface area (TPSA) is 39.2 Å². The molecule has 63 heavy (non-hydrogen) atoms. The molecule has 0 spiro atoms. The van der Waals surface area contributed by atoms with Crippen LogP contribution in [-0.4, -0.2) is 19.5 Å². The number of benzene rings is 9. The van der Waals surface area contributed by atoms with Crippen LogP contribution in [0.2, 0.25) is 0 Å². The molecule has 5 nitrogen and oxygen atoms in total. The minimum atomic E-state index is -0.130. The van der Waals surface area contributed by atoms with Gasteiger partial charge in [0.2, 0.25) is 0 Å². The fourth-order valence-electron chi connectivity index (χ4n) is 10.1. The molecule has 1 aliphatic rings. The lowest BCUT2D eigenvalue weighted by Crippen LogP contribution is -2.31. The number of para-hydroxylation sites is 4. The first-order valence-corrected chi connectivity index (χ1v) is 21.6. The average Bonchev–Trinajstić information content (AvgIpc) is 4.00. The van der Waals surface area contributed by atoms with Gasteiger partial charge in [-0.3, -0.25) is 0 Å². The fourth-order valence-corrected chi connectivity index (χ4v) is 10.1. The maximum absolute atomic E-state index is 5.19. The zero-order chi connectivity index (χ0) is 41.4. The molecular weight excluding hydrogens is 767 g/mol. The summed E-state index contributed by atoms with van der Waals surface area (Å²) < 4.78 is 7.34. The summed E-state index contributed by atoms with van der Waals surface area (Å²) in [6.07, 6.45) is 2.27. The Morgan fingerprint density at radius 1 is 0.365 bits per heavy atom. The zero-order valence-electron chi connectivity index (χ0n) is 34.2. The van der Waals surface area contributed by atoms with Crippen LogP contribution in [0, 0.1) is 0 Å². The lowest BCUT2D eigenvalue weighted by Gasteiger charge is -2.24. The maximum atomic E-state index is 5.19. The number of aromatic nitrogens is 3. The van der Waals surface area contributed by atoms with Gasteiger partial charge in [0.05, 0.1) is 44.8 Å². The van der Waals surface area contributed by atoms with Gasteiger partial charge in [-0.05, 0) is 83.9 Å². The van der Waals surface area contributed by atoms with Crippen molar-refractivity contribution in [2.75, 3.05) is 0 Å². The van der Waals surface area contributed by atoms with Gasteiger partial charge in [0, 0.05) is 54.9 Å². The van der Waals surface area contributed by atoms with E-state index in [0.29, 0.717) is 0 Å². The molecule has 1 aliphatic heterocycles. The monoisotopic (exact) mass is 805 g/mol. The molecule has 12 aromatic rings. The number of nitrogens with one attached hydrogen (secondary N) is 1. The molecule has 0 radical (unpaired) electrons. The summed E-state index contributed by atoms with van der Waals surface area (Å²) in [5, 5.41) is 11.2. The highest BCUT2D eigenvalue weighted by Crippen LogP contribution is 2.44. The maximum Gasteiger partial charge on any atom is 0.134 e. The van der Waals surface area contributed by atoms with E-state index in [-0.39, 0.29) is 6.04 Å². The van der Waals surface area contributed by atoms with Crippen molar-refractivity contribution in [2.45, 2.75) is 6.04 Å². The Kier molecular flexibility index (Phi) is 7.90. The summed E-state index contributed by atoms with van der Waals surface area (Å²) in [6, 6.07) is 78.6. The lowest BCUT2D eigenvalue weighted by atomic mass is 9.99. The second kappa shape index (κ2) is 14.1. The van der Waals surface area contributed by atoms with Gasteiger partial charge in [0.15, 0.2) is 0 Å². The van der Waals surface area contributed by atoms with Crippen LogP contribution in [0.15, 0.2) is 229 Å². The number of fused-ring (bicyclic) bond motifs is 10. The third kappa shape index (κ3) is 5.53. The normalized spacial score (nSPS) is 14.2. The van der Waals surface area contributed by atoms with Crippen molar-refractivity contribution >= 4 is 77.0 Å². The van der Waals surface area contributed by atoms with Gasteiger partial charge in [0.25, 0.3) is 0 Å². The average molecular weight is 806 g/mol. The first-order chi connectivity index (χ1) is 31.3. The van der Waals surface area contributed by atoms with Crippen molar-refractivity contribution in [1.29, 1.82) is 0 Å². The summed E-state index contributed by atoms with van der Waals surface area (Å²) in [5.74, 6) is 0.860. The van der Waals surface area contributed by atoms with Gasteiger partial charge >= 0.3 is 0 Å². The van der Waals surface area contributed by atoms with Crippen LogP contribution in [0.25, 0.3) is 88.2 Å². The molecule has 0 saturated carbocycles. The van der Waals surface area contributed by atoms with Gasteiger partial charge in [-0.2, -0.15) is 0 Å². The van der Waals surface area contributed by atoms with E-state index >= 15 is 0 Å². The van der Waals surface area contributed by atoms with Crippen molar-refractivity contribution in [3.8, 4) is 17.1 Å². The van der Waals surface area contributed by atoms with Gasteiger partial charge in [0.1, 0.15) is 5.84 Å². The second-order valence-corrected chi connectivity index (χ2v) is 16.4. The molecule has 0 aliphatic carbocycles. The van der Waals surface area contributed by atoms with E-state index in [2.05, 4.69) is 243 Å². The predicted octanol–water partition coefficient (Wildman–Crippen LogP) is 14.1. The number of hydrogen-bond acceptors (Lipinski definition) is 2. The van der Waals surface area contributed by atoms with Crippen LogP contribution in [0.5, 0.6) is 0 Å². The standard InChI is InChI=1S/C58H39N5/c1-5-17-38(18-6-1)49-37-50(60-58(59-49)39-19-7-2-8-20-39)40-29-31-45-46-32-34-54-56(47-26-14-16-28-52(47)62(54)42-23-11-4-12-24-42)57(46)63(55(45)35-40)43-30-33-53-48(36-43)44-25-13-15-27-51(44)61(53)41-21-9-3-10-22-41/h1-37,50H,(H,59,60). The third-order valence-electron chi connectivity index (χ3n) is 12.9. The van der Waals surface area contributed by atoms with Crippen molar-refractivity contribution < 1.29 is 0 Å². The first kappa shape index (κ1) is 35.4. The molecule has 4 heterocycles. The quantitative estimate of drug-likeness (QED) is 0.179. The first-order valence-electron chi connectivity index (χ1n) is 21.6. The molecule has 296 valence electrons. The SMILES string of the molecule is C1=C(c2ccccc2)N=C(c2ccccc2)NC1c1ccc2c3ccc4c(c5ccccc5n4-c4ccccc4)c3n(-c3ccc4c(c3)c3ccccc3n4-c3ccccc3)c2c1. The molecule has 13 rings (SSSR count). The Balaban J connectivity index is 1.11. The summed E-state index contributed by atoms with van der Waals surface area (Å²) in [5.41, 5.74) is 14.7. The number of amidine groups is 1. The van der Waals surface area contributed by atoms with Gasteiger partial charge in [-0.1, -0.05) is 152 Å². The molecule has 1 atom stereocenters. The fraction of sp³-hybridized carbons (Fsp3) is 0.0172. The van der Waals surface area contributed by atoms with Gasteiger partial charge in [-0.25, -0.2) is 4.99 Å². The molecule has 3 aromatic heterocycles. The highest BCUT2D eigenvalue weighted by molar-refractivity contribution is 6.26. The van der Waals surface area contributed by atoms with E-state index in [4.69, 9.17) is 4.99 Å². The highest BCUT2D eigenvalue weighted by Gasteiger charge is 2.25. The minimum Gasteiger partial charge on any atom is -0.359 e. The van der Waals surface area contributed by atoms with Crippen LogP contribution < -0.4 is 5.32 Å². The largest absolute Gasteiger partial charge is 0.359 e. The van der Waals surface area contributed by atoms with E-state index in [1.165, 1.54) is 59.9 Å². The van der Waals surface area contributed by atoms with E-state index < -0.39 is 0 Å². The Hall–Kier alpha value is -8.41. The van der Waals surface area contributed by atoms with E-state index in [0.717, 1.165) is 50.8 Å². The third-order valence-corrected chi connectivity index (χ3v) is 12.9. The molecule has 0 saturated heterocycles. The molecule has 0 amide bonds. The molecule has 1 unspecified atom stereocenters. The van der Waals surface area contributed by atoms with E-state index in [1.54, 1.807) is 0 Å². The van der Waals surface area contributed by atoms with E-state index in [9.17, 15) is 0 Å². The molecule has 0 fully saturated rings. The highest BCUT2D eigenvalue weighted by atomic mass is 15.1. The van der Waals surface area contributed by atoms with Crippen LogP contribution in [0.3, 0.4) is 0 Å². The van der Waals surface area contributed by atoms with Crippen molar-refractivity contribution in [2.24, 2.45) is 4.99 Å². The molecule has 0 bridgehead atoms. The Labute approximate surface area is 363 Å². The van der Waals surface area contributed by atoms with Gasteiger partial charge < -0.3 is 19.0 Å². The molecular formula is C58H39N5. The number of rotatable bonds is 6. The molecule has 9 aromatic carbocycles. The van der Waals surface area contributed by atoms with Gasteiger partial charge in [-0.15, -0.1) is 0 Å². The molecule has 1 N–H and O–H groups in total. The summed E-state index contributed by atoms with van der Waals surface area (Å²) in [7, 11) is 0. The zero-order valence-corrected chi connectivity index (χ0v) is 34.2. The van der Waals surface area contributed by atoms with Crippen LogP contribution in [0.4, 0.5) is 0 Å². The Morgan fingerprint density at radius 3 is 1.62 bits per heavy atom.